The van der Waals surface area contributed by atoms with Crippen LogP contribution in [0.15, 0.2) is 22.7 Å². The van der Waals surface area contributed by atoms with E-state index >= 15 is 0 Å². The van der Waals surface area contributed by atoms with Crippen molar-refractivity contribution in [2.45, 2.75) is 19.9 Å². The molecule has 1 heterocycles. The Balaban J connectivity index is 0.00000220. The van der Waals surface area contributed by atoms with Gasteiger partial charge in [-0.1, -0.05) is 41.4 Å². The van der Waals surface area contributed by atoms with E-state index in [2.05, 4.69) is 46.1 Å². The lowest BCUT2D eigenvalue weighted by molar-refractivity contribution is 0.0305. The maximum absolute atomic E-state index is 9.82. The fourth-order valence-electron chi connectivity index (χ4n) is 2.86. The van der Waals surface area contributed by atoms with Crippen molar-refractivity contribution < 1.29 is 5.11 Å². The molecule has 2 rings (SSSR count). The fraction of sp³-hybridized carbons (Fsp3) is 0.600. The Labute approximate surface area is 146 Å². The van der Waals surface area contributed by atoms with Crippen LogP contribution in [0.1, 0.15) is 25.5 Å². The molecule has 1 aliphatic heterocycles. The molecule has 6 heteroatoms. The summed E-state index contributed by atoms with van der Waals surface area (Å²) in [4.78, 5) is 2.42. The normalized spacial score (nSPS) is 18.1. The van der Waals surface area contributed by atoms with Crippen LogP contribution in [0.2, 0.25) is 5.02 Å². The lowest BCUT2D eigenvalue weighted by Gasteiger charge is -2.43. The molecule has 1 fully saturated rings. The Morgan fingerprint density at radius 2 is 2.00 bits per heavy atom. The van der Waals surface area contributed by atoms with E-state index in [1.807, 2.05) is 12.1 Å². The first kappa shape index (κ1) is 19.2. The number of piperazine rings is 1. The first-order valence-electron chi connectivity index (χ1n) is 6.96. The molecule has 0 amide bonds. The van der Waals surface area contributed by atoms with Crippen LogP contribution in [0.5, 0.6) is 0 Å². The van der Waals surface area contributed by atoms with E-state index in [4.69, 9.17) is 11.6 Å². The number of aliphatic hydroxyl groups is 1. The molecule has 1 atom stereocenters. The summed E-state index contributed by atoms with van der Waals surface area (Å²) >= 11 is 9.95. The topological polar surface area (TPSA) is 35.5 Å². The van der Waals surface area contributed by atoms with Gasteiger partial charge in [0.15, 0.2) is 0 Å². The molecule has 1 saturated heterocycles. The molecule has 3 nitrogen and oxygen atoms in total. The number of hydrogen-bond acceptors (Lipinski definition) is 3. The van der Waals surface area contributed by atoms with Crippen LogP contribution in [-0.2, 0) is 0 Å². The van der Waals surface area contributed by atoms with Gasteiger partial charge in [-0.3, -0.25) is 4.90 Å². The third-order valence-electron chi connectivity index (χ3n) is 3.92. The van der Waals surface area contributed by atoms with Gasteiger partial charge in [0.25, 0.3) is 0 Å². The molecule has 21 heavy (non-hydrogen) atoms. The van der Waals surface area contributed by atoms with E-state index in [9.17, 15) is 5.11 Å². The summed E-state index contributed by atoms with van der Waals surface area (Å²) in [6.07, 6.45) is 0. The molecule has 0 aliphatic carbocycles. The van der Waals surface area contributed by atoms with Gasteiger partial charge < -0.3 is 10.4 Å². The smallest absolute Gasteiger partial charge is 0.0500 e. The van der Waals surface area contributed by atoms with Crippen molar-refractivity contribution in [1.82, 2.24) is 10.2 Å². The molecule has 1 aromatic carbocycles. The van der Waals surface area contributed by atoms with Gasteiger partial charge in [0.1, 0.15) is 0 Å². The van der Waals surface area contributed by atoms with Crippen molar-refractivity contribution in [3.8, 4) is 0 Å². The second kappa shape index (κ2) is 8.14. The van der Waals surface area contributed by atoms with Crippen molar-refractivity contribution in [2.75, 3.05) is 32.8 Å². The number of hydrogen-bond donors (Lipinski definition) is 2. The third kappa shape index (κ3) is 4.57. The summed E-state index contributed by atoms with van der Waals surface area (Å²) in [6, 6.07) is 6.06. The molecule has 0 aromatic heterocycles. The standard InChI is InChI=1S/C15H22BrClN2O.ClH/c1-15(2,10-20)14(19-7-5-18-6-8-19)12-9-11(16)3-4-13(12)17;/h3-4,9,14,18,20H,5-8,10H2,1-2H3;1H/t14-;/m0./s1. The molecular weight excluding hydrogens is 375 g/mol. The predicted octanol–water partition coefficient (Wildman–Crippen LogP) is 3.49. The summed E-state index contributed by atoms with van der Waals surface area (Å²) in [5.74, 6) is 0. The highest BCUT2D eigenvalue weighted by Crippen LogP contribution is 2.41. The zero-order valence-electron chi connectivity index (χ0n) is 12.4. The van der Waals surface area contributed by atoms with Gasteiger partial charge in [-0.25, -0.2) is 0 Å². The van der Waals surface area contributed by atoms with E-state index in [0.29, 0.717) is 0 Å². The Hall–Kier alpha value is 0.160. The first-order valence-corrected chi connectivity index (χ1v) is 8.13. The van der Waals surface area contributed by atoms with E-state index in [-0.39, 0.29) is 30.5 Å². The lowest BCUT2D eigenvalue weighted by atomic mass is 9.79. The third-order valence-corrected chi connectivity index (χ3v) is 4.75. The van der Waals surface area contributed by atoms with Gasteiger partial charge in [0, 0.05) is 53.7 Å². The molecule has 0 spiro atoms. The van der Waals surface area contributed by atoms with E-state index < -0.39 is 0 Å². The Bertz CT molecular complexity index is 465. The average Bonchev–Trinajstić information content (AvgIpc) is 2.44. The number of rotatable bonds is 4. The zero-order valence-corrected chi connectivity index (χ0v) is 15.6. The number of benzene rings is 1. The zero-order chi connectivity index (χ0) is 14.8. The second-order valence-electron chi connectivity index (χ2n) is 6.00. The molecule has 1 aliphatic rings. The number of halogens is 3. The number of nitrogens with zero attached hydrogens (tertiary/aromatic N) is 1. The summed E-state index contributed by atoms with van der Waals surface area (Å²) in [5.41, 5.74) is 0.837. The van der Waals surface area contributed by atoms with Crippen molar-refractivity contribution in [1.29, 1.82) is 0 Å². The molecule has 120 valence electrons. The number of nitrogens with one attached hydrogen (secondary N) is 1. The maximum atomic E-state index is 9.82. The summed E-state index contributed by atoms with van der Waals surface area (Å²) in [5, 5.41) is 14.0. The van der Waals surface area contributed by atoms with Crippen molar-refractivity contribution in [3.63, 3.8) is 0 Å². The van der Waals surface area contributed by atoms with Crippen molar-refractivity contribution in [2.24, 2.45) is 5.41 Å². The molecule has 2 N–H and O–H groups in total. The Kier molecular flexibility index (Phi) is 7.44. The van der Waals surface area contributed by atoms with Crippen molar-refractivity contribution in [3.05, 3.63) is 33.3 Å². The molecule has 0 unspecified atom stereocenters. The second-order valence-corrected chi connectivity index (χ2v) is 7.32. The van der Waals surface area contributed by atoms with Crippen LogP contribution in [-0.4, -0.2) is 42.8 Å². The summed E-state index contributed by atoms with van der Waals surface area (Å²) < 4.78 is 1.02. The van der Waals surface area contributed by atoms with Crippen LogP contribution in [0, 0.1) is 5.41 Å². The Morgan fingerprint density at radius 1 is 1.38 bits per heavy atom. The van der Waals surface area contributed by atoms with E-state index in [1.165, 1.54) is 0 Å². The first-order chi connectivity index (χ1) is 9.45. The van der Waals surface area contributed by atoms with Crippen LogP contribution in [0.3, 0.4) is 0 Å². The van der Waals surface area contributed by atoms with E-state index in [0.717, 1.165) is 41.2 Å². The van der Waals surface area contributed by atoms with Crippen LogP contribution >= 0.6 is 39.9 Å². The van der Waals surface area contributed by atoms with Crippen molar-refractivity contribution >= 4 is 39.9 Å². The average molecular weight is 398 g/mol. The van der Waals surface area contributed by atoms with E-state index in [1.54, 1.807) is 0 Å². The van der Waals surface area contributed by atoms with Crippen LogP contribution < -0.4 is 5.32 Å². The van der Waals surface area contributed by atoms with Crippen LogP contribution in [0.4, 0.5) is 0 Å². The van der Waals surface area contributed by atoms with Gasteiger partial charge in [-0.05, 0) is 23.8 Å². The highest BCUT2D eigenvalue weighted by molar-refractivity contribution is 9.10. The minimum absolute atomic E-state index is 0. The van der Waals surface area contributed by atoms with Gasteiger partial charge in [0.05, 0.1) is 0 Å². The molecule has 0 bridgehead atoms. The highest BCUT2D eigenvalue weighted by atomic mass is 79.9. The predicted molar refractivity (Wildman–Crippen MR) is 94.5 cm³/mol. The van der Waals surface area contributed by atoms with Gasteiger partial charge in [-0.2, -0.15) is 0 Å². The largest absolute Gasteiger partial charge is 0.396 e. The highest BCUT2D eigenvalue weighted by Gasteiger charge is 2.36. The molecule has 1 aromatic rings. The van der Waals surface area contributed by atoms with Gasteiger partial charge >= 0.3 is 0 Å². The summed E-state index contributed by atoms with van der Waals surface area (Å²) in [7, 11) is 0. The minimum atomic E-state index is -0.248. The van der Waals surface area contributed by atoms with Crippen LogP contribution in [0.25, 0.3) is 0 Å². The lowest BCUT2D eigenvalue weighted by Crippen LogP contribution is -2.49. The van der Waals surface area contributed by atoms with Gasteiger partial charge in [0.2, 0.25) is 0 Å². The minimum Gasteiger partial charge on any atom is -0.396 e. The fourth-order valence-corrected chi connectivity index (χ4v) is 3.46. The maximum Gasteiger partial charge on any atom is 0.0500 e. The Morgan fingerprint density at radius 3 is 2.57 bits per heavy atom. The summed E-state index contributed by atoms with van der Waals surface area (Å²) in [6.45, 7) is 8.21. The molecular formula is C15H23BrCl2N2O. The van der Waals surface area contributed by atoms with Gasteiger partial charge in [-0.15, -0.1) is 12.4 Å². The quantitative estimate of drug-likeness (QED) is 0.816. The number of aliphatic hydroxyl groups excluding tert-OH is 1. The monoisotopic (exact) mass is 396 g/mol. The molecule has 0 saturated carbocycles. The molecule has 0 radical (unpaired) electrons. The SMILES string of the molecule is CC(C)(CO)[C@H](c1cc(Br)ccc1Cl)N1CCNCC1.Cl.